The van der Waals surface area contributed by atoms with Crippen LogP contribution >= 0.6 is 0 Å². The highest BCUT2D eigenvalue weighted by atomic mass is 16.5. The van der Waals surface area contributed by atoms with E-state index in [0.29, 0.717) is 12.1 Å². The predicted octanol–water partition coefficient (Wildman–Crippen LogP) is 4.32. The van der Waals surface area contributed by atoms with E-state index < -0.39 is 0 Å². The summed E-state index contributed by atoms with van der Waals surface area (Å²) in [6.07, 6.45) is 5.15. The van der Waals surface area contributed by atoms with Gasteiger partial charge in [0.1, 0.15) is 0 Å². The summed E-state index contributed by atoms with van der Waals surface area (Å²) in [5.41, 5.74) is 1.40. The van der Waals surface area contributed by atoms with Crippen LogP contribution in [0, 0.1) is 0 Å². The molecule has 0 heterocycles. The van der Waals surface area contributed by atoms with Gasteiger partial charge in [-0.05, 0) is 38.8 Å². The Hall–Kier alpha value is -0.860. The minimum absolute atomic E-state index is 0.338. The molecule has 0 saturated carbocycles. The quantitative estimate of drug-likeness (QED) is 0.635. The lowest BCUT2D eigenvalue weighted by molar-refractivity contribution is 0.0766. The van der Waals surface area contributed by atoms with E-state index in [1.807, 2.05) is 0 Å². The van der Waals surface area contributed by atoms with Crippen molar-refractivity contribution < 1.29 is 4.74 Å². The topological polar surface area (TPSA) is 21.3 Å². The zero-order chi connectivity index (χ0) is 13.9. The fourth-order valence-corrected chi connectivity index (χ4v) is 2.15. The normalized spacial score (nSPS) is 12.8. The van der Waals surface area contributed by atoms with E-state index in [0.717, 1.165) is 19.6 Å². The standard InChI is InChI=1S/C17H29NO/c1-4-5-12-17(16-10-7-6-8-11-16)18-13-9-14-19-15(2)3/h6-8,10-11,15,17-18H,4-5,9,12-14H2,1-3H3. The van der Waals surface area contributed by atoms with Crippen LogP contribution in [0.5, 0.6) is 0 Å². The summed E-state index contributed by atoms with van der Waals surface area (Å²) in [5, 5.41) is 3.66. The van der Waals surface area contributed by atoms with Gasteiger partial charge in [-0.2, -0.15) is 0 Å². The van der Waals surface area contributed by atoms with E-state index in [1.165, 1.54) is 24.8 Å². The molecule has 1 unspecified atom stereocenters. The van der Waals surface area contributed by atoms with Crippen LogP contribution in [0.4, 0.5) is 0 Å². The Morgan fingerprint density at radius 1 is 1.11 bits per heavy atom. The van der Waals surface area contributed by atoms with Crippen LogP contribution in [0.15, 0.2) is 30.3 Å². The fraction of sp³-hybridized carbons (Fsp3) is 0.647. The third-order valence-corrected chi connectivity index (χ3v) is 3.21. The van der Waals surface area contributed by atoms with E-state index in [1.54, 1.807) is 0 Å². The van der Waals surface area contributed by atoms with Gasteiger partial charge in [0.05, 0.1) is 6.10 Å². The van der Waals surface area contributed by atoms with Gasteiger partial charge >= 0.3 is 0 Å². The first-order chi connectivity index (χ1) is 9.24. The Kier molecular flexibility index (Phi) is 8.52. The lowest BCUT2D eigenvalue weighted by atomic mass is 10.0. The summed E-state index contributed by atoms with van der Waals surface area (Å²) >= 11 is 0. The second kappa shape index (κ2) is 9.99. The van der Waals surface area contributed by atoms with E-state index >= 15 is 0 Å². The van der Waals surface area contributed by atoms with Crippen molar-refractivity contribution in [2.45, 2.75) is 58.6 Å². The predicted molar refractivity (Wildman–Crippen MR) is 82.4 cm³/mol. The first kappa shape index (κ1) is 16.2. The molecule has 19 heavy (non-hydrogen) atoms. The molecular formula is C17H29NO. The molecule has 0 radical (unpaired) electrons. The number of benzene rings is 1. The van der Waals surface area contributed by atoms with Gasteiger partial charge in [0.15, 0.2) is 0 Å². The van der Waals surface area contributed by atoms with E-state index in [9.17, 15) is 0 Å². The van der Waals surface area contributed by atoms with Gasteiger partial charge < -0.3 is 10.1 Å². The molecule has 0 bridgehead atoms. The van der Waals surface area contributed by atoms with Crippen LogP contribution in [0.3, 0.4) is 0 Å². The number of unbranched alkanes of at least 4 members (excludes halogenated alkanes) is 1. The zero-order valence-corrected chi connectivity index (χ0v) is 12.7. The number of rotatable bonds is 10. The number of ether oxygens (including phenoxy) is 1. The Labute approximate surface area is 118 Å². The molecule has 0 spiro atoms. The van der Waals surface area contributed by atoms with E-state index in [4.69, 9.17) is 4.74 Å². The Bertz CT molecular complexity index is 310. The number of hydrogen-bond donors (Lipinski definition) is 1. The molecule has 2 nitrogen and oxygen atoms in total. The largest absolute Gasteiger partial charge is 0.379 e. The molecule has 1 aromatic carbocycles. The molecule has 1 aromatic rings. The maximum atomic E-state index is 5.57. The van der Waals surface area contributed by atoms with Crippen molar-refractivity contribution in [1.82, 2.24) is 5.32 Å². The van der Waals surface area contributed by atoms with Gasteiger partial charge in [0.25, 0.3) is 0 Å². The summed E-state index contributed by atoms with van der Waals surface area (Å²) < 4.78 is 5.57. The molecule has 108 valence electrons. The van der Waals surface area contributed by atoms with Crippen molar-refractivity contribution in [3.05, 3.63) is 35.9 Å². The van der Waals surface area contributed by atoms with Crippen LogP contribution < -0.4 is 5.32 Å². The summed E-state index contributed by atoms with van der Waals surface area (Å²) in [4.78, 5) is 0. The average Bonchev–Trinajstić information content (AvgIpc) is 2.42. The van der Waals surface area contributed by atoms with Gasteiger partial charge in [0, 0.05) is 12.6 Å². The van der Waals surface area contributed by atoms with Crippen LogP contribution in [0.2, 0.25) is 0 Å². The maximum absolute atomic E-state index is 5.57. The molecular weight excluding hydrogens is 234 g/mol. The van der Waals surface area contributed by atoms with Crippen molar-refractivity contribution in [2.24, 2.45) is 0 Å². The van der Waals surface area contributed by atoms with Crippen molar-refractivity contribution in [3.63, 3.8) is 0 Å². The monoisotopic (exact) mass is 263 g/mol. The highest BCUT2D eigenvalue weighted by molar-refractivity contribution is 5.18. The van der Waals surface area contributed by atoms with Gasteiger partial charge in [-0.25, -0.2) is 0 Å². The molecule has 0 saturated heterocycles. The summed E-state index contributed by atoms with van der Waals surface area (Å²) in [6, 6.07) is 11.3. The fourth-order valence-electron chi connectivity index (χ4n) is 2.15. The van der Waals surface area contributed by atoms with Crippen LogP contribution in [-0.4, -0.2) is 19.3 Å². The SMILES string of the molecule is CCCCC(NCCCOC(C)C)c1ccccc1. The molecule has 0 aliphatic carbocycles. The molecule has 0 aliphatic heterocycles. The maximum Gasteiger partial charge on any atom is 0.0518 e. The van der Waals surface area contributed by atoms with Gasteiger partial charge in [-0.1, -0.05) is 50.1 Å². The second-order valence-corrected chi connectivity index (χ2v) is 5.33. The minimum Gasteiger partial charge on any atom is -0.379 e. The summed E-state index contributed by atoms with van der Waals surface area (Å²) in [7, 11) is 0. The van der Waals surface area contributed by atoms with Gasteiger partial charge in [-0.3, -0.25) is 0 Å². The Morgan fingerprint density at radius 2 is 1.84 bits per heavy atom. The molecule has 0 amide bonds. The molecule has 0 aliphatic rings. The first-order valence-electron chi connectivity index (χ1n) is 7.64. The van der Waals surface area contributed by atoms with E-state index in [2.05, 4.69) is 56.4 Å². The Balaban J connectivity index is 2.34. The van der Waals surface area contributed by atoms with Gasteiger partial charge in [-0.15, -0.1) is 0 Å². The lowest BCUT2D eigenvalue weighted by Gasteiger charge is -2.19. The van der Waals surface area contributed by atoms with Crippen LogP contribution in [0.25, 0.3) is 0 Å². The average molecular weight is 263 g/mol. The summed E-state index contributed by atoms with van der Waals surface area (Å²) in [5.74, 6) is 0. The molecule has 1 rings (SSSR count). The summed E-state index contributed by atoms with van der Waals surface area (Å²) in [6.45, 7) is 8.29. The minimum atomic E-state index is 0.338. The number of hydrogen-bond acceptors (Lipinski definition) is 2. The van der Waals surface area contributed by atoms with Crippen molar-refractivity contribution >= 4 is 0 Å². The molecule has 1 N–H and O–H groups in total. The van der Waals surface area contributed by atoms with Crippen LogP contribution in [0.1, 0.15) is 58.1 Å². The third-order valence-electron chi connectivity index (χ3n) is 3.21. The zero-order valence-electron chi connectivity index (χ0n) is 12.7. The van der Waals surface area contributed by atoms with E-state index in [-0.39, 0.29) is 0 Å². The van der Waals surface area contributed by atoms with Crippen LogP contribution in [-0.2, 0) is 4.74 Å². The molecule has 2 heteroatoms. The first-order valence-corrected chi connectivity index (χ1v) is 7.64. The molecule has 0 fully saturated rings. The third kappa shape index (κ3) is 7.34. The second-order valence-electron chi connectivity index (χ2n) is 5.33. The Morgan fingerprint density at radius 3 is 2.47 bits per heavy atom. The highest BCUT2D eigenvalue weighted by Gasteiger charge is 2.09. The van der Waals surface area contributed by atoms with Gasteiger partial charge in [0.2, 0.25) is 0 Å². The smallest absolute Gasteiger partial charge is 0.0518 e. The molecule has 0 aromatic heterocycles. The number of nitrogens with one attached hydrogen (secondary N) is 1. The lowest BCUT2D eigenvalue weighted by Crippen LogP contribution is -2.23. The van der Waals surface area contributed by atoms with Crippen molar-refractivity contribution in [3.8, 4) is 0 Å². The van der Waals surface area contributed by atoms with Crippen molar-refractivity contribution in [2.75, 3.05) is 13.2 Å². The van der Waals surface area contributed by atoms with Crippen molar-refractivity contribution in [1.29, 1.82) is 0 Å². The molecule has 1 atom stereocenters. The highest BCUT2D eigenvalue weighted by Crippen LogP contribution is 2.18.